The predicted octanol–water partition coefficient (Wildman–Crippen LogP) is 5.12. The Kier molecular flexibility index (Phi) is 4.84. The molecule has 0 amide bonds. The molecule has 1 saturated heterocycles. The quantitative estimate of drug-likeness (QED) is 0.623. The van der Waals surface area contributed by atoms with Gasteiger partial charge in [-0.15, -0.1) is 0 Å². The first-order valence-electron chi connectivity index (χ1n) is 10.2. The third kappa shape index (κ3) is 3.55. The van der Waals surface area contributed by atoms with E-state index in [1.165, 1.54) is 18.2 Å². The Morgan fingerprint density at radius 3 is 2.55 bits per heavy atom. The Labute approximate surface area is 167 Å². The first-order valence-corrected chi connectivity index (χ1v) is 10.2. The minimum Gasteiger partial charge on any atom is -0.380 e. The lowest BCUT2D eigenvalue weighted by molar-refractivity contribution is 0.185. The van der Waals surface area contributed by atoms with Gasteiger partial charge in [0.1, 0.15) is 17.5 Å². The third-order valence-electron chi connectivity index (χ3n) is 6.27. The van der Waals surface area contributed by atoms with Crippen molar-refractivity contribution in [1.82, 2.24) is 10.3 Å². The molecule has 1 atom stereocenters. The maximum absolute atomic E-state index is 14.4. The van der Waals surface area contributed by atoms with Gasteiger partial charge in [0, 0.05) is 24.1 Å². The van der Waals surface area contributed by atoms with Crippen molar-refractivity contribution in [3.05, 3.63) is 59.4 Å². The van der Waals surface area contributed by atoms with Gasteiger partial charge in [0.2, 0.25) is 0 Å². The van der Waals surface area contributed by atoms with E-state index in [0.717, 1.165) is 61.9 Å². The molecule has 6 heteroatoms. The summed E-state index contributed by atoms with van der Waals surface area (Å²) in [6.07, 6.45) is 2.96. The highest BCUT2D eigenvalue weighted by Gasteiger charge is 2.35. The van der Waals surface area contributed by atoms with Gasteiger partial charge in [0.15, 0.2) is 0 Å². The number of fused-ring (bicyclic) bond motifs is 1. The first-order chi connectivity index (χ1) is 14.1. The molecule has 1 aliphatic carbocycles. The van der Waals surface area contributed by atoms with Crippen molar-refractivity contribution in [1.29, 1.82) is 0 Å². The van der Waals surface area contributed by atoms with E-state index in [2.05, 4.69) is 10.3 Å². The summed E-state index contributed by atoms with van der Waals surface area (Å²) >= 11 is 0. The summed E-state index contributed by atoms with van der Waals surface area (Å²) in [5.74, 6) is -0.760. The normalized spacial score (nSPS) is 24.2. The highest BCUT2D eigenvalue weighted by Crippen LogP contribution is 2.48. The molecule has 2 N–H and O–H groups in total. The zero-order valence-electron chi connectivity index (χ0n) is 16.0. The first kappa shape index (κ1) is 18.7. The van der Waals surface area contributed by atoms with Crippen LogP contribution in [-0.4, -0.2) is 30.8 Å². The maximum Gasteiger partial charge on any atom is 0.150 e. The topological polar surface area (TPSA) is 37.0 Å². The fraction of sp³-hybridized carbons (Fsp3) is 0.391. The standard InChI is InChI=1S/C23H23F3N2O/c24-16-3-1-14(2-4-16)22-21(19-9-17(25)10-20(26)23(19)28-22)15-7-13(8-15)11-27-18-5-6-29-12-18/h1-4,9-10,13,15,18,27-28H,5-8,11-12H2/t13?,15?,18-/m0/s1. The van der Waals surface area contributed by atoms with Crippen LogP contribution in [0.25, 0.3) is 22.2 Å². The van der Waals surface area contributed by atoms with Crippen LogP contribution >= 0.6 is 0 Å². The van der Waals surface area contributed by atoms with Crippen LogP contribution in [0.4, 0.5) is 13.2 Å². The molecule has 0 radical (unpaired) electrons. The largest absolute Gasteiger partial charge is 0.380 e. The minimum atomic E-state index is -0.603. The summed E-state index contributed by atoms with van der Waals surface area (Å²) in [6.45, 7) is 2.52. The van der Waals surface area contributed by atoms with Gasteiger partial charge in [0.05, 0.1) is 17.8 Å². The molecule has 0 unspecified atom stereocenters. The van der Waals surface area contributed by atoms with Gasteiger partial charge >= 0.3 is 0 Å². The molecule has 3 nitrogen and oxygen atoms in total. The number of rotatable bonds is 5. The van der Waals surface area contributed by atoms with Crippen LogP contribution in [-0.2, 0) is 4.74 Å². The number of H-pyrrole nitrogens is 1. The summed E-state index contributed by atoms with van der Waals surface area (Å²) < 4.78 is 47.2. The van der Waals surface area contributed by atoms with Crippen molar-refractivity contribution in [3.8, 4) is 11.3 Å². The van der Waals surface area contributed by atoms with Gasteiger partial charge in [-0.1, -0.05) is 0 Å². The van der Waals surface area contributed by atoms with Gasteiger partial charge in [-0.3, -0.25) is 0 Å². The van der Waals surface area contributed by atoms with E-state index in [0.29, 0.717) is 22.9 Å². The summed E-state index contributed by atoms with van der Waals surface area (Å²) in [4.78, 5) is 3.14. The molecular formula is C23H23F3N2O. The highest BCUT2D eigenvalue weighted by molar-refractivity contribution is 5.92. The Hall–Kier alpha value is -2.31. The van der Waals surface area contributed by atoms with Gasteiger partial charge in [-0.25, -0.2) is 13.2 Å². The van der Waals surface area contributed by atoms with Gasteiger partial charge in [-0.05, 0) is 79.1 Å². The molecule has 1 saturated carbocycles. The number of benzene rings is 2. The highest BCUT2D eigenvalue weighted by atomic mass is 19.1. The van der Waals surface area contributed by atoms with Crippen molar-refractivity contribution < 1.29 is 17.9 Å². The molecule has 1 aromatic heterocycles. The molecule has 0 bridgehead atoms. The van der Waals surface area contributed by atoms with Gasteiger partial charge < -0.3 is 15.0 Å². The number of aromatic amines is 1. The molecule has 2 heterocycles. The summed E-state index contributed by atoms with van der Waals surface area (Å²) in [5.41, 5.74) is 2.78. The van der Waals surface area contributed by atoms with Crippen LogP contribution < -0.4 is 5.32 Å². The van der Waals surface area contributed by atoms with Crippen molar-refractivity contribution >= 4 is 10.9 Å². The summed E-state index contributed by atoms with van der Waals surface area (Å²) in [7, 11) is 0. The molecule has 2 aromatic carbocycles. The lowest BCUT2D eigenvalue weighted by atomic mass is 9.70. The molecule has 29 heavy (non-hydrogen) atoms. The lowest BCUT2D eigenvalue weighted by Gasteiger charge is -2.37. The van der Waals surface area contributed by atoms with Crippen LogP contribution in [0, 0.1) is 23.4 Å². The van der Waals surface area contributed by atoms with Crippen LogP contribution in [0.3, 0.4) is 0 Å². The number of ether oxygens (including phenoxy) is 1. The SMILES string of the molecule is Fc1ccc(-c2[nH]c3c(F)cc(F)cc3c2C2CC(CN[C@H]3CCOC3)C2)cc1. The smallest absolute Gasteiger partial charge is 0.150 e. The van der Waals surface area contributed by atoms with Crippen LogP contribution in [0.1, 0.15) is 30.7 Å². The number of hydrogen-bond donors (Lipinski definition) is 2. The summed E-state index contributed by atoms with van der Waals surface area (Å²) in [5, 5.41) is 4.15. The van der Waals surface area contributed by atoms with Crippen molar-refractivity contribution in [3.63, 3.8) is 0 Å². The second-order valence-corrected chi connectivity index (χ2v) is 8.23. The van der Waals surface area contributed by atoms with Crippen LogP contribution in [0.2, 0.25) is 0 Å². The average Bonchev–Trinajstić information content (AvgIpc) is 3.30. The van der Waals surface area contributed by atoms with Crippen molar-refractivity contribution in [2.24, 2.45) is 5.92 Å². The Morgan fingerprint density at radius 1 is 1.03 bits per heavy atom. The molecular weight excluding hydrogens is 377 g/mol. The van der Waals surface area contributed by atoms with E-state index in [4.69, 9.17) is 4.74 Å². The maximum atomic E-state index is 14.4. The fourth-order valence-electron chi connectivity index (χ4n) is 4.68. The number of nitrogens with one attached hydrogen (secondary N) is 2. The lowest BCUT2D eigenvalue weighted by Crippen LogP contribution is -2.38. The molecule has 0 spiro atoms. The van der Waals surface area contributed by atoms with Crippen LogP contribution in [0.15, 0.2) is 36.4 Å². The molecule has 1 aliphatic heterocycles. The number of hydrogen-bond acceptors (Lipinski definition) is 2. The Morgan fingerprint density at radius 2 is 1.83 bits per heavy atom. The van der Waals surface area contributed by atoms with Gasteiger partial charge in [0.25, 0.3) is 0 Å². The van der Waals surface area contributed by atoms with E-state index < -0.39 is 11.6 Å². The van der Waals surface area contributed by atoms with E-state index in [-0.39, 0.29) is 11.7 Å². The van der Waals surface area contributed by atoms with Crippen molar-refractivity contribution in [2.45, 2.75) is 31.2 Å². The molecule has 3 aromatic rings. The Balaban J connectivity index is 1.44. The molecule has 2 aliphatic rings. The Bertz CT molecular complexity index is 1020. The second kappa shape index (κ2) is 7.50. The minimum absolute atomic E-state index is 0.219. The van der Waals surface area contributed by atoms with E-state index in [1.54, 1.807) is 12.1 Å². The van der Waals surface area contributed by atoms with E-state index in [9.17, 15) is 13.2 Å². The van der Waals surface area contributed by atoms with E-state index >= 15 is 0 Å². The summed E-state index contributed by atoms with van der Waals surface area (Å²) in [6, 6.07) is 8.86. The zero-order valence-corrected chi connectivity index (χ0v) is 16.0. The van der Waals surface area contributed by atoms with Crippen LogP contribution in [0.5, 0.6) is 0 Å². The zero-order chi connectivity index (χ0) is 20.0. The third-order valence-corrected chi connectivity index (χ3v) is 6.27. The predicted molar refractivity (Wildman–Crippen MR) is 106 cm³/mol. The molecule has 5 rings (SSSR count). The molecule has 152 valence electrons. The van der Waals surface area contributed by atoms with Crippen molar-refractivity contribution in [2.75, 3.05) is 19.8 Å². The number of aromatic nitrogens is 1. The monoisotopic (exact) mass is 400 g/mol. The second-order valence-electron chi connectivity index (χ2n) is 8.23. The fourth-order valence-corrected chi connectivity index (χ4v) is 4.68. The number of halogens is 3. The van der Waals surface area contributed by atoms with E-state index in [1.807, 2.05) is 0 Å². The average molecular weight is 400 g/mol. The molecule has 2 fully saturated rings. The van der Waals surface area contributed by atoms with Gasteiger partial charge in [-0.2, -0.15) is 0 Å².